The van der Waals surface area contributed by atoms with Crippen LogP contribution in [0.5, 0.6) is 0 Å². The molecule has 0 aliphatic carbocycles. The minimum absolute atomic E-state index is 0.941. The van der Waals surface area contributed by atoms with E-state index in [9.17, 15) is 0 Å². The van der Waals surface area contributed by atoms with Crippen molar-refractivity contribution in [1.82, 2.24) is 0 Å². The molecule has 0 rings (SSSR count). The summed E-state index contributed by atoms with van der Waals surface area (Å²) in [5.74, 6) is 1.88. The van der Waals surface area contributed by atoms with E-state index in [0.717, 1.165) is 11.8 Å². The Morgan fingerprint density at radius 2 is 0.690 bits per heavy atom. The SMILES string of the molecule is CCC(C)CCCCCCCCCC=CCCCCCCCCCCC(C)CC. The van der Waals surface area contributed by atoms with Gasteiger partial charge >= 0.3 is 0 Å². The lowest BCUT2D eigenvalue weighted by Crippen LogP contribution is -1.91. The summed E-state index contributed by atoms with van der Waals surface area (Å²) in [6, 6.07) is 0. The first-order valence-corrected chi connectivity index (χ1v) is 13.9. The molecule has 0 aromatic rings. The van der Waals surface area contributed by atoms with Crippen LogP contribution in [0.15, 0.2) is 12.2 Å². The van der Waals surface area contributed by atoms with Crippen molar-refractivity contribution in [3.05, 3.63) is 12.2 Å². The molecule has 0 amide bonds. The Hall–Kier alpha value is -0.260. The fourth-order valence-corrected chi connectivity index (χ4v) is 4.10. The summed E-state index contributed by atoms with van der Waals surface area (Å²) in [6.45, 7) is 9.42. The predicted octanol–water partition coefficient (Wildman–Crippen LogP) is 11.0. The Balaban J connectivity index is 3.12. The van der Waals surface area contributed by atoms with Gasteiger partial charge < -0.3 is 0 Å². The molecule has 0 heteroatoms. The molecule has 0 N–H and O–H groups in total. The van der Waals surface area contributed by atoms with Crippen molar-refractivity contribution in [3.8, 4) is 0 Å². The largest absolute Gasteiger partial charge is 0.0885 e. The molecule has 0 saturated heterocycles. The second kappa shape index (κ2) is 24.0. The fraction of sp³-hybridized carbons (Fsp3) is 0.931. The molecule has 0 heterocycles. The molecule has 29 heavy (non-hydrogen) atoms. The number of hydrogen-bond acceptors (Lipinski definition) is 0. The third kappa shape index (κ3) is 23.9. The van der Waals surface area contributed by atoms with Crippen LogP contribution in [0.2, 0.25) is 0 Å². The van der Waals surface area contributed by atoms with E-state index < -0.39 is 0 Å². The maximum Gasteiger partial charge on any atom is -0.0351 e. The van der Waals surface area contributed by atoms with Gasteiger partial charge in [-0.3, -0.25) is 0 Å². The molecule has 2 unspecified atom stereocenters. The van der Waals surface area contributed by atoms with Crippen molar-refractivity contribution in [3.63, 3.8) is 0 Å². The molecule has 0 radical (unpaired) electrons. The van der Waals surface area contributed by atoms with Gasteiger partial charge in [-0.2, -0.15) is 0 Å². The molecule has 0 spiro atoms. The Labute approximate surface area is 186 Å². The van der Waals surface area contributed by atoms with Gasteiger partial charge in [0.25, 0.3) is 0 Å². The van der Waals surface area contributed by atoms with Crippen LogP contribution in [0.4, 0.5) is 0 Å². The lowest BCUT2D eigenvalue weighted by molar-refractivity contribution is 0.469. The highest BCUT2D eigenvalue weighted by molar-refractivity contribution is 4.81. The molecule has 0 aliphatic heterocycles. The van der Waals surface area contributed by atoms with Crippen LogP contribution < -0.4 is 0 Å². The second-order valence-corrected chi connectivity index (χ2v) is 9.96. The standard InChI is InChI=1S/C29H58/c1-5-28(3)26-24-22-20-18-16-14-12-10-8-7-9-11-13-15-17-19-21-23-25-27-29(4)6-2/h7-8,28-29H,5-6,9-27H2,1-4H3. The van der Waals surface area contributed by atoms with Crippen molar-refractivity contribution >= 4 is 0 Å². The van der Waals surface area contributed by atoms with Crippen LogP contribution in [0.25, 0.3) is 0 Å². The molecule has 0 bridgehead atoms. The Morgan fingerprint density at radius 1 is 0.414 bits per heavy atom. The zero-order valence-corrected chi connectivity index (χ0v) is 21.2. The second-order valence-electron chi connectivity index (χ2n) is 9.96. The number of rotatable bonds is 23. The van der Waals surface area contributed by atoms with E-state index in [0.29, 0.717) is 0 Å². The lowest BCUT2D eigenvalue weighted by atomic mass is 9.99. The summed E-state index contributed by atoms with van der Waals surface area (Å²) >= 11 is 0. The summed E-state index contributed by atoms with van der Waals surface area (Å²) in [6.07, 6.45) is 34.9. The quantitative estimate of drug-likeness (QED) is 0.117. The van der Waals surface area contributed by atoms with E-state index in [-0.39, 0.29) is 0 Å². The first kappa shape index (κ1) is 28.7. The van der Waals surface area contributed by atoms with E-state index >= 15 is 0 Å². The minimum Gasteiger partial charge on any atom is -0.0885 e. The molecule has 2 atom stereocenters. The highest BCUT2D eigenvalue weighted by Crippen LogP contribution is 2.16. The van der Waals surface area contributed by atoms with E-state index in [1.807, 2.05) is 0 Å². The van der Waals surface area contributed by atoms with E-state index in [1.165, 1.54) is 135 Å². The zero-order chi connectivity index (χ0) is 21.4. The Kier molecular flexibility index (Phi) is 23.8. The van der Waals surface area contributed by atoms with Crippen molar-refractivity contribution in [2.24, 2.45) is 11.8 Å². The maximum absolute atomic E-state index is 2.45. The van der Waals surface area contributed by atoms with E-state index in [4.69, 9.17) is 0 Å². The van der Waals surface area contributed by atoms with Gasteiger partial charge in [0.1, 0.15) is 0 Å². The Morgan fingerprint density at radius 3 is 1.00 bits per heavy atom. The van der Waals surface area contributed by atoms with Crippen LogP contribution in [-0.4, -0.2) is 0 Å². The topological polar surface area (TPSA) is 0 Å². The van der Waals surface area contributed by atoms with Gasteiger partial charge in [0.15, 0.2) is 0 Å². The number of unbranched alkanes of at least 4 members (excludes halogenated alkanes) is 15. The lowest BCUT2D eigenvalue weighted by Gasteiger charge is -2.07. The normalized spacial score (nSPS) is 13.9. The molecule has 174 valence electrons. The van der Waals surface area contributed by atoms with Crippen molar-refractivity contribution in [2.45, 2.75) is 163 Å². The van der Waals surface area contributed by atoms with Crippen LogP contribution in [0.1, 0.15) is 163 Å². The highest BCUT2D eigenvalue weighted by Gasteiger charge is 1.99. The molecule has 0 aliphatic rings. The molecule has 0 fully saturated rings. The molecule has 0 aromatic carbocycles. The summed E-state index contributed by atoms with van der Waals surface area (Å²) in [7, 11) is 0. The summed E-state index contributed by atoms with van der Waals surface area (Å²) in [5.41, 5.74) is 0. The zero-order valence-electron chi connectivity index (χ0n) is 21.2. The smallest absolute Gasteiger partial charge is 0.0351 e. The van der Waals surface area contributed by atoms with Crippen LogP contribution in [-0.2, 0) is 0 Å². The molecular formula is C29H58. The van der Waals surface area contributed by atoms with Gasteiger partial charge in [-0.1, -0.05) is 149 Å². The predicted molar refractivity (Wildman–Crippen MR) is 136 cm³/mol. The number of allylic oxidation sites excluding steroid dienone is 2. The van der Waals surface area contributed by atoms with Gasteiger partial charge in [0, 0.05) is 0 Å². The summed E-state index contributed by atoms with van der Waals surface area (Å²) in [5, 5.41) is 0. The van der Waals surface area contributed by atoms with Gasteiger partial charge in [0.05, 0.1) is 0 Å². The summed E-state index contributed by atoms with van der Waals surface area (Å²) < 4.78 is 0. The van der Waals surface area contributed by atoms with Crippen molar-refractivity contribution < 1.29 is 0 Å². The first-order valence-electron chi connectivity index (χ1n) is 13.9. The first-order chi connectivity index (χ1) is 14.2. The monoisotopic (exact) mass is 406 g/mol. The van der Waals surface area contributed by atoms with Crippen LogP contribution >= 0.6 is 0 Å². The maximum atomic E-state index is 2.45. The van der Waals surface area contributed by atoms with Crippen LogP contribution in [0, 0.1) is 11.8 Å². The van der Waals surface area contributed by atoms with Crippen molar-refractivity contribution in [2.75, 3.05) is 0 Å². The third-order valence-electron chi connectivity index (χ3n) is 6.95. The van der Waals surface area contributed by atoms with Gasteiger partial charge in [-0.05, 0) is 37.5 Å². The fourth-order valence-electron chi connectivity index (χ4n) is 4.10. The number of hydrogen-bond donors (Lipinski definition) is 0. The molecule has 0 nitrogen and oxygen atoms in total. The average molecular weight is 407 g/mol. The van der Waals surface area contributed by atoms with Crippen LogP contribution in [0.3, 0.4) is 0 Å². The van der Waals surface area contributed by atoms with Gasteiger partial charge in [-0.25, -0.2) is 0 Å². The van der Waals surface area contributed by atoms with E-state index in [2.05, 4.69) is 39.8 Å². The van der Waals surface area contributed by atoms with E-state index in [1.54, 1.807) is 0 Å². The van der Waals surface area contributed by atoms with Gasteiger partial charge in [0.2, 0.25) is 0 Å². The average Bonchev–Trinajstić information content (AvgIpc) is 2.74. The highest BCUT2D eigenvalue weighted by atomic mass is 14.1. The molecular weight excluding hydrogens is 348 g/mol. The third-order valence-corrected chi connectivity index (χ3v) is 6.95. The Bertz CT molecular complexity index is 316. The summed E-state index contributed by atoms with van der Waals surface area (Å²) in [4.78, 5) is 0. The molecule has 0 aromatic heterocycles. The van der Waals surface area contributed by atoms with Gasteiger partial charge in [-0.15, -0.1) is 0 Å². The van der Waals surface area contributed by atoms with Crippen molar-refractivity contribution in [1.29, 1.82) is 0 Å². The molecule has 0 saturated carbocycles. The minimum atomic E-state index is 0.941.